The van der Waals surface area contributed by atoms with Crippen LogP contribution < -0.4 is 10.6 Å². The predicted octanol–water partition coefficient (Wildman–Crippen LogP) is -0.0925. The number of imidazole rings is 1. The third-order valence-corrected chi connectivity index (χ3v) is 4.11. The monoisotopic (exact) mass is 330 g/mol. The van der Waals surface area contributed by atoms with Crippen LogP contribution in [-0.4, -0.2) is 70.9 Å². The van der Waals surface area contributed by atoms with Crippen LogP contribution in [0.2, 0.25) is 0 Å². The van der Waals surface area contributed by atoms with E-state index in [0.29, 0.717) is 0 Å². The molecule has 0 aromatic carbocycles. The molecule has 8 nitrogen and oxygen atoms in total. The normalized spacial score (nSPS) is 16.2. The van der Waals surface area contributed by atoms with Gasteiger partial charge in [-0.3, -0.25) is 19.9 Å². The van der Waals surface area contributed by atoms with Gasteiger partial charge in [0.15, 0.2) is 0 Å². The number of fused-ring (bicyclic) bond motifs is 1. The van der Waals surface area contributed by atoms with E-state index in [1.54, 1.807) is 0 Å². The highest BCUT2D eigenvalue weighted by molar-refractivity contribution is 5.95. The van der Waals surface area contributed by atoms with E-state index in [1.165, 1.54) is 7.05 Å². The van der Waals surface area contributed by atoms with E-state index in [1.807, 2.05) is 28.8 Å². The summed E-state index contributed by atoms with van der Waals surface area (Å²) < 4.78 is 2.02. The van der Waals surface area contributed by atoms with Crippen LogP contribution in [0.5, 0.6) is 0 Å². The highest BCUT2D eigenvalue weighted by atomic mass is 16.2. The van der Waals surface area contributed by atoms with Crippen LogP contribution >= 0.6 is 0 Å². The second kappa shape index (κ2) is 7.41. The minimum atomic E-state index is -0.467. The van der Waals surface area contributed by atoms with Crippen LogP contribution in [0.3, 0.4) is 0 Å². The molecule has 3 heterocycles. The molecule has 0 radical (unpaired) electrons. The van der Waals surface area contributed by atoms with Gasteiger partial charge in [-0.15, -0.1) is 0 Å². The first-order chi connectivity index (χ1) is 11.6. The summed E-state index contributed by atoms with van der Waals surface area (Å²) in [5.41, 5.74) is 2.00. The second-order valence-electron chi connectivity index (χ2n) is 5.88. The number of amides is 3. The van der Waals surface area contributed by atoms with Gasteiger partial charge < -0.3 is 9.72 Å². The molecule has 2 aromatic heterocycles. The van der Waals surface area contributed by atoms with E-state index in [0.717, 1.165) is 44.1 Å². The zero-order chi connectivity index (χ0) is 16.9. The molecule has 1 aliphatic rings. The summed E-state index contributed by atoms with van der Waals surface area (Å²) in [4.78, 5) is 31.8. The van der Waals surface area contributed by atoms with Crippen molar-refractivity contribution in [1.29, 1.82) is 0 Å². The first kappa shape index (κ1) is 16.4. The van der Waals surface area contributed by atoms with E-state index in [-0.39, 0.29) is 12.5 Å². The summed E-state index contributed by atoms with van der Waals surface area (Å²) in [7, 11) is 1.49. The largest absolute Gasteiger partial charge is 0.341 e. The lowest BCUT2D eigenvalue weighted by atomic mass is 10.3. The van der Waals surface area contributed by atoms with Gasteiger partial charge in [0.1, 0.15) is 5.65 Å². The minimum absolute atomic E-state index is 0.246. The number of nitrogens with one attached hydrogen (secondary N) is 2. The minimum Gasteiger partial charge on any atom is -0.341 e. The van der Waals surface area contributed by atoms with Gasteiger partial charge in [0.25, 0.3) is 0 Å². The lowest BCUT2D eigenvalue weighted by Gasteiger charge is -2.33. The summed E-state index contributed by atoms with van der Waals surface area (Å²) in [6, 6.07) is 5.49. The number of aromatic nitrogens is 2. The summed E-state index contributed by atoms with van der Waals surface area (Å²) >= 11 is 0. The molecule has 1 fully saturated rings. The smallest absolute Gasteiger partial charge is 0.321 e. The Morgan fingerprint density at radius 1 is 1.17 bits per heavy atom. The number of hydrogen-bond acceptors (Lipinski definition) is 5. The Kier molecular flexibility index (Phi) is 5.07. The van der Waals surface area contributed by atoms with Gasteiger partial charge in [-0.1, -0.05) is 6.07 Å². The third-order valence-electron chi connectivity index (χ3n) is 4.11. The molecule has 0 saturated carbocycles. The van der Waals surface area contributed by atoms with Crippen molar-refractivity contribution in [1.82, 2.24) is 29.8 Å². The number of urea groups is 1. The molecule has 128 valence electrons. The van der Waals surface area contributed by atoms with Gasteiger partial charge in [-0.05, 0) is 12.1 Å². The van der Waals surface area contributed by atoms with Gasteiger partial charge in [0.2, 0.25) is 5.91 Å². The summed E-state index contributed by atoms with van der Waals surface area (Å²) in [5.74, 6) is -0.275. The van der Waals surface area contributed by atoms with Crippen molar-refractivity contribution in [3.63, 3.8) is 0 Å². The lowest BCUT2D eigenvalue weighted by molar-refractivity contribution is -0.121. The van der Waals surface area contributed by atoms with Gasteiger partial charge in [0, 0.05) is 52.2 Å². The number of imide groups is 1. The first-order valence-electron chi connectivity index (χ1n) is 8.03. The Labute approximate surface area is 140 Å². The molecule has 3 amide bonds. The Bertz CT molecular complexity index is 687. The number of carbonyl (C=O) groups is 2. The fourth-order valence-corrected chi connectivity index (χ4v) is 2.83. The first-order valence-corrected chi connectivity index (χ1v) is 8.03. The Morgan fingerprint density at radius 3 is 2.62 bits per heavy atom. The molecular formula is C16H22N6O2. The molecule has 0 bridgehead atoms. The van der Waals surface area contributed by atoms with Crippen molar-refractivity contribution in [2.24, 2.45) is 0 Å². The van der Waals surface area contributed by atoms with Crippen LogP contribution in [0.15, 0.2) is 30.6 Å². The van der Waals surface area contributed by atoms with Crippen molar-refractivity contribution >= 4 is 17.6 Å². The van der Waals surface area contributed by atoms with Gasteiger partial charge in [-0.2, -0.15) is 0 Å². The molecule has 0 unspecified atom stereocenters. The summed E-state index contributed by atoms with van der Waals surface area (Å²) in [6.45, 7) is 4.40. The van der Waals surface area contributed by atoms with Gasteiger partial charge >= 0.3 is 6.03 Å². The van der Waals surface area contributed by atoms with E-state index in [2.05, 4.69) is 31.6 Å². The molecule has 3 rings (SSSR count). The predicted molar refractivity (Wildman–Crippen MR) is 89.5 cm³/mol. The molecule has 0 aliphatic carbocycles. The third kappa shape index (κ3) is 4.09. The number of nitrogens with zero attached hydrogens (tertiary/aromatic N) is 4. The maximum Gasteiger partial charge on any atom is 0.321 e. The van der Waals surface area contributed by atoms with E-state index in [4.69, 9.17) is 0 Å². The lowest BCUT2D eigenvalue weighted by Crippen LogP contribution is -2.50. The molecule has 2 N–H and O–H groups in total. The molecule has 1 aliphatic heterocycles. The zero-order valence-electron chi connectivity index (χ0n) is 13.7. The standard InChI is InChI=1S/C16H22N6O2/c1-17-16(24)19-15(23)12-21-8-6-20(7-9-21)10-13-11-22-5-3-2-4-14(22)18-13/h2-5,11H,6-10,12H2,1H3,(H2,17,19,23,24). The van der Waals surface area contributed by atoms with Crippen LogP contribution in [0.1, 0.15) is 5.69 Å². The van der Waals surface area contributed by atoms with Crippen LogP contribution in [-0.2, 0) is 11.3 Å². The SMILES string of the molecule is CNC(=O)NC(=O)CN1CCN(Cc2cn3ccccc3n2)CC1. The van der Waals surface area contributed by atoms with E-state index >= 15 is 0 Å². The van der Waals surface area contributed by atoms with E-state index in [9.17, 15) is 9.59 Å². The highest BCUT2D eigenvalue weighted by Gasteiger charge is 2.20. The molecule has 1 saturated heterocycles. The highest BCUT2D eigenvalue weighted by Crippen LogP contribution is 2.09. The average molecular weight is 330 g/mol. The molecule has 8 heteroatoms. The molecule has 2 aromatic rings. The van der Waals surface area contributed by atoms with Crippen LogP contribution in [0.4, 0.5) is 4.79 Å². The maximum absolute atomic E-state index is 11.7. The van der Waals surface area contributed by atoms with Crippen molar-refractivity contribution in [3.8, 4) is 0 Å². The molecular weight excluding hydrogens is 308 g/mol. The van der Waals surface area contributed by atoms with E-state index < -0.39 is 6.03 Å². The van der Waals surface area contributed by atoms with Crippen molar-refractivity contribution < 1.29 is 9.59 Å². The zero-order valence-corrected chi connectivity index (χ0v) is 13.7. The quantitative estimate of drug-likeness (QED) is 0.819. The summed E-state index contributed by atoms with van der Waals surface area (Å²) in [5, 5.41) is 4.66. The maximum atomic E-state index is 11.7. The topological polar surface area (TPSA) is 82.0 Å². The molecule has 0 spiro atoms. The Morgan fingerprint density at radius 2 is 1.92 bits per heavy atom. The second-order valence-corrected chi connectivity index (χ2v) is 5.88. The van der Waals surface area contributed by atoms with Crippen molar-refractivity contribution in [3.05, 3.63) is 36.3 Å². The fourth-order valence-electron chi connectivity index (χ4n) is 2.83. The Hall–Kier alpha value is -2.45. The fraction of sp³-hybridized carbons (Fsp3) is 0.438. The number of piperazine rings is 1. The number of hydrogen-bond donors (Lipinski definition) is 2. The van der Waals surface area contributed by atoms with Gasteiger partial charge in [0.05, 0.1) is 12.2 Å². The average Bonchev–Trinajstić information content (AvgIpc) is 2.98. The van der Waals surface area contributed by atoms with Crippen molar-refractivity contribution in [2.45, 2.75) is 6.54 Å². The van der Waals surface area contributed by atoms with Crippen LogP contribution in [0, 0.1) is 0 Å². The number of carbonyl (C=O) groups excluding carboxylic acids is 2. The molecule has 0 atom stereocenters. The number of rotatable bonds is 4. The summed E-state index contributed by atoms with van der Waals surface area (Å²) in [6.07, 6.45) is 4.05. The van der Waals surface area contributed by atoms with Crippen LogP contribution in [0.25, 0.3) is 5.65 Å². The van der Waals surface area contributed by atoms with Crippen molar-refractivity contribution in [2.75, 3.05) is 39.8 Å². The van der Waals surface area contributed by atoms with Gasteiger partial charge in [-0.25, -0.2) is 9.78 Å². The number of pyridine rings is 1. The molecule has 24 heavy (non-hydrogen) atoms. The Balaban J connectivity index is 1.46.